The summed E-state index contributed by atoms with van der Waals surface area (Å²) >= 11 is 0. The van der Waals surface area contributed by atoms with Gasteiger partial charge < -0.3 is 38.8 Å². The van der Waals surface area contributed by atoms with E-state index in [2.05, 4.69) is 0 Å². The lowest BCUT2D eigenvalue weighted by molar-refractivity contribution is -0.186. The fraction of sp³-hybridized carbons (Fsp3) is 0.500. The van der Waals surface area contributed by atoms with E-state index in [1.165, 1.54) is 34.5 Å². The topological polar surface area (TPSA) is 201 Å². The number of carbonyl (C=O) groups is 8. The maximum Gasteiger partial charge on any atom is 0.471 e. The number of benzene rings is 2. The van der Waals surface area contributed by atoms with Crippen LogP contribution < -0.4 is 10.1 Å². The zero-order valence-electron chi connectivity index (χ0n) is 33.3. The largest absolute Gasteiger partial charge is 0.471 e. The summed E-state index contributed by atoms with van der Waals surface area (Å²) in [5.41, 5.74) is -2.61. The van der Waals surface area contributed by atoms with E-state index in [9.17, 15) is 64.7 Å². The van der Waals surface area contributed by atoms with Crippen molar-refractivity contribution in [2.45, 2.75) is 89.5 Å². The summed E-state index contributed by atoms with van der Waals surface area (Å²) in [6.07, 6.45) is -16.0. The molecule has 4 atom stereocenters. The van der Waals surface area contributed by atoms with Gasteiger partial charge in [-0.1, -0.05) is 24.3 Å². The Bertz CT molecular complexity index is 2230. The molecule has 22 heteroatoms. The molecule has 2 fully saturated rings. The molecule has 334 valence electrons. The number of rotatable bonds is 14. The first kappa shape index (κ1) is 45.8. The molecule has 2 aromatic rings. The van der Waals surface area contributed by atoms with Crippen LogP contribution in [0.15, 0.2) is 24.3 Å². The van der Waals surface area contributed by atoms with Gasteiger partial charge in [0, 0.05) is 61.8 Å². The lowest BCUT2D eigenvalue weighted by atomic mass is 9.71. The van der Waals surface area contributed by atoms with Crippen molar-refractivity contribution in [3.63, 3.8) is 0 Å². The zero-order chi connectivity index (χ0) is 45.5. The third kappa shape index (κ3) is 8.93. The number of Topliss-reactive ketones (excluding diaryl/α,β-unsaturated/α-hetero) is 1. The molecule has 2 aliphatic heterocycles. The van der Waals surface area contributed by atoms with Crippen molar-refractivity contribution in [3.05, 3.63) is 63.2 Å². The van der Waals surface area contributed by atoms with Crippen LogP contribution in [0.5, 0.6) is 5.75 Å². The Hall–Kier alpha value is -5.74. The number of fused-ring (bicyclic) bond motifs is 5. The fourth-order valence-corrected chi connectivity index (χ4v) is 7.92. The van der Waals surface area contributed by atoms with Crippen molar-refractivity contribution in [1.82, 2.24) is 15.1 Å². The van der Waals surface area contributed by atoms with E-state index >= 15 is 0 Å². The van der Waals surface area contributed by atoms with Crippen LogP contribution in [0.25, 0.3) is 0 Å². The number of hydrogen-bond acceptors (Lipinski definition) is 13. The van der Waals surface area contributed by atoms with Gasteiger partial charge in [0.1, 0.15) is 5.75 Å². The lowest BCUT2D eigenvalue weighted by Gasteiger charge is -2.39. The van der Waals surface area contributed by atoms with Crippen LogP contribution in [0.2, 0.25) is 0 Å². The second-order valence-electron chi connectivity index (χ2n) is 14.8. The van der Waals surface area contributed by atoms with Gasteiger partial charge in [-0.25, -0.2) is 4.79 Å². The predicted octanol–water partition coefficient (Wildman–Crippen LogP) is 2.70. The van der Waals surface area contributed by atoms with Crippen molar-refractivity contribution in [2.75, 3.05) is 39.3 Å². The van der Waals surface area contributed by atoms with Gasteiger partial charge in [0.05, 0.1) is 25.3 Å². The van der Waals surface area contributed by atoms with Gasteiger partial charge in [-0.3, -0.25) is 33.6 Å². The molecule has 6 rings (SSSR count). The molecule has 0 spiro atoms. The number of esters is 2. The number of ether oxygens (including phenoxy) is 5. The SMILES string of the molecule is CCN1C[C@@H]2O[C@@H](C(=O)O[C@]3(C(C)=O)CCc4c(c(OC(C)=O)c5c(c4COCCN(CCCNC(=O)C(F)(F)F)C(=O)C(F)(F)F)C(=O)c4ccccc4C5=O)C3)[C@@H](O2)C1=O. The summed E-state index contributed by atoms with van der Waals surface area (Å²) in [5, 5.41) is 1.50. The first-order valence-electron chi connectivity index (χ1n) is 19.3. The van der Waals surface area contributed by atoms with Crippen LogP contribution in [0, 0.1) is 0 Å². The van der Waals surface area contributed by atoms with Crippen molar-refractivity contribution < 1.29 is 88.4 Å². The molecule has 2 heterocycles. The van der Waals surface area contributed by atoms with E-state index in [0.717, 1.165) is 13.8 Å². The lowest BCUT2D eigenvalue weighted by Crippen LogP contribution is -2.53. The minimum atomic E-state index is -5.39. The summed E-state index contributed by atoms with van der Waals surface area (Å²) in [7, 11) is 0. The Kier molecular flexibility index (Phi) is 13.0. The van der Waals surface area contributed by atoms with Gasteiger partial charge in [0.25, 0.3) is 5.91 Å². The first-order chi connectivity index (χ1) is 29.1. The minimum absolute atomic E-state index is 0.0115. The highest BCUT2D eigenvalue weighted by Gasteiger charge is 2.55. The van der Waals surface area contributed by atoms with Gasteiger partial charge in [0.2, 0.25) is 0 Å². The molecule has 2 aliphatic carbocycles. The fourth-order valence-electron chi connectivity index (χ4n) is 7.92. The molecule has 62 heavy (non-hydrogen) atoms. The Morgan fingerprint density at radius 2 is 1.58 bits per heavy atom. The second-order valence-corrected chi connectivity index (χ2v) is 14.8. The van der Waals surface area contributed by atoms with Crippen LogP contribution in [-0.4, -0.2) is 133 Å². The molecule has 0 unspecified atom stereocenters. The van der Waals surface area contributed by atoms with Crippen LogP contribution in [0.3, 0.4) is 0 Å². The normalized spacial score (nSPS) is 21.7. The third-order valence-electron chi connectivity index (χ3n) is 10.9. The van der Waals surface area contributed by atoms with Gasteiger partial charge in [-0.2, -0.15) is 26.3 Å². The van der Waals surface area contributed by atoms with Gasteiger partial charge >= 0.3 is 36.1 Å². The Balaban J connectivity index is 1.34. The molecule has 4 aliphatic rings. The van der Waals surface area contributed by atoms with Crippen molar-refractivity contribution in [3.8, 4) is 5.75 Å². The van der Waals surface area contributed by atoms with Crippen LogP contribution in [0.1, 0.15) is 82.1 Å². The molecule has 16 nitrogen and oxygen atoms in total. The molecule has 0 aromatic heterocycles. The average Bonchev–Trinajstić information content (AvgIpc) is 3.58. The third-order valence-corrected chi connectivity index (χ3v) is 10.9. The number of ketones is 3. The zero-order valence-corrected chi connectivity index (χ0v) is 33.3. The molecule has 3 amide bonds. The molecule has 0 radical (unpaired) electrons. The highest BCUT2D eigenvalue weighted by atomic mass is 19.4. The van der Waals surface area contributed by atoms with Crippen LogP contribution >= 0.6 is 0 Å². The maximum absolute atomic E-state index is 14.3. The summed E-state index contributed by atoms with van der Waals surface area (Å²) < 4.78 is 107. The van der Waals surface area contributed by atoms with Gasteiger partial charge in [-0.15, -0.1) is 0 Å². The average molecular weight is 884 g/mol. The molecule has 2 aromatic carbocycles. The van der Waals surface area contributed by atoms with E-state index in [4.69, 9.17) is 23.7 Å². The highest BCUT2D eigenvalue weighted by Crippen LogP contribution is 2.47. The van der Waals surface area contributed by atoms with Crippen molar-refractivity contribution >= 4 is 47.0 Å². The van der Waals surface area contributed by atoms with Gasteiger partial charge in [-0.05, 0) is 44.2 Å². The number of morpholine rings is 1. The standard InChI is InChI=1S/C40H39F6N3O13/c1-4-48-17-26-60-32(34(48)54)33(61-26)35(55)62-38(19(2)50)11-10-21-24(16-38)31(59-20(3)51)28-27(29(52)22-8-5-6-9-23(22)30(28)53)25(21)18-58-15-14-49(37(57)40(44,45)46)13-7-12-47-36(56)39(41,42)43/h5-6,8-9,26,32-33H,4,7,10-18H2,1-3H3,(H,47,56)/t26-,32+,33+,38+/m0/s1. The highest BCUT2D eigenvalue weighted by molar-refractivity contribution is 6.30. The summed E-state index contributed by atoms with van der Waals surface area (Å²) in [6.45, 7) is 0.706. The van der Waals surface area contributed by atoms with E-state index in [0.29, 0.717) is 6.54 Å². The number of alkyl halides is 6. The molecular weight excluding hydrogens is 844 g/mol. The quantitative estimate of drug-likeness (QED) is 0.107. The Morgan fingerprint density at radius 3 is 2.18 bits per heavy atom. The molecule has 2 bridgehead atoms. The first-order valence-corrected chi connectivity index (χ1v) is 19.3. The van der Waals surface area contributed by atoms with Crippen LogP contribution in [0.4, 0.5) is 26.3 Å². The number of amides is 3. The summed E-state index contributed by atoms with van der Waals surface area (Å²) in [6, 6.07) is 5.71. The second kappa shape index (κ2) is 17.6. The molecule has 2 saturated heterocycles. The van der Waals surface area contributed by atoms with Crippen molar-refractivity contribution in [2.24, 2.45) is 0 Å². The number of nitrogens with one attached hydrogen (secondary N) is 1. The molecule has 1 N–H and O–H groups in total. The van der Waals surface area contributed by atoms with Crippen LogP contribution in [-0.2, 0) is 67.2 Å². The van der Waals surface area contributed by atoms with E-state index in [1.807, 2.05) is 0 Å². The maximum atomic E-state index is 14.3. The number of likely N-dealkylation sites (N-methyl/N-ethyl adjacent to an activating group) is 1. The van der Waals surface area contributed by atoms with Gasteiger partial charge in [0.15, 0.2) is 41.4 Å². The smallest absolute Gasteiger partial charge is 0.449 e. The van der Waals surface area contributed by atoms with Crippen molar-refractivity contribution in [1.29, 1.82) is 0 Å². The van der Waals surface area contributed by atoms with E-state index in [-0.39, 0.29) is 57.7 Å². The number of hydrogen-bond donors (Lipinski definition) is 1. The molecular formula is C40H39F6N3O13. The summed E-state index contributed by atoms with van der Waals surface area (Å²) in [4.78, 5) is 107. The Labute approximate surface area is 348 Å². The number of nitrogens with zero attached hydrogens (tertiary/aromatic N) is 2. The minimum Gasteiger partial charge on any atom is -0.449 e. The predicted molar refractivity (Wildman–Crippen MR) is 194 cm³/mol. The number of halogens is 6. The van der Waals surface area contributed by atoms with E-state index < -0.39 is 140 Å². The number of carbonyl (C=O) groups excluding carboxylic acids is 8. The molecule has 0 saturated carbocycles. The monoisotopic (exact) mass is 883 g/mol. The summed E-state index contributed by atoms with van der Waals surface area (Å²) in [5.74, 6) is -9.86. The van der Waals surface area contributed by atoms with E-state index in [1.54, 1.807) is 6.92 Å². The Morgan fingerprint density at radius 1 is 0.919 bits per heavy atom.